The first-order valence-corrected chi connectivity index (χ1v) is 7.76. The minimum atomic E-state index is -0.400. The Balaban J connectivity index is 3.12. The van der Waals surface area contributed by atoms with E-state index in [0.29, 0.717) is 6.54 Å². The van der Waals surface area contributed by atoms with Crippen LogP contribution in [0.1, 0.15) is 46.6 Å². The quantitative estimate of drug-likeness (QED) is 0.800. The van der Waals surface area contributed by atoms with Crippen molar-refractivity contribution in [2.75, 3.05) is 14.2 Å². The minimum Gasteiger partial charge on any atom is -0.497 e. The molecule has 0 spiro atoms. The third-order valence-corrected chi connectivity index (χ3v) is 3.86. The van der Waals surface area contributed by atoms with Crippen molar-refractivity contribution in [3.63, 3.8) is 0 Å². The normalized spacial score (nSPS) is 12.7. The first-order chi connectivity index (χ1) is 10.2. The molecule has 0 saturated carbocycles. The molecule has 4 heteroatoms. The zero-order chi connectivity index (χ0) is 16.9. The number of amides is 1. The van der Waals surface area contributed by atoms with E-state index in [0.717, 1.165) is 23.5 Å². The van der Waals surface area contributed by atoms with E-state index in [2.05, 4.69) is 13.8 Å². The molecule has 1 amide bonds. The summed E-state index contributed by atoms with van der Waals surface area (Å²) in [6, 6.07) is 5.89. The predicted octanol–water partition coefficient (Wildman–Crippen LogP) is 3.88. The van der Waals surface area contributed by atoms with Crippen molar-refractivity contribution in [3.05, 3.63) is 23.8 Å². The van der Waals surface area contributed by atoms with E-state index in [1.165, 1.54) is 0 Å². The topological polar surface area (TPSA) is 38.8 Å². The zero-order valence-corrected chi connectivity index (χ0v) is 14.9. The molecule has 1 atom stereocenters. The smallest absolute Gasteiger partial charge is 0.228 e. The Morgan fingerprint density at radius 2 is 1.86 bits per heavy atom. The maximum absolute atomic E-state index is 12.8. The molecule has 1 rings (SSSR count). The van der Waals surface area contributed by atoms with Gasteiger partial charge in [-0.2, -0.15) is 0 Å². The Hall–Kier alpha value is -1.71. The molecule has 1 aromatic carbocycles. The van der Waals surface area contributed by atoms with Gasteiger partial charge in [0.15, 0.2) is 0 Å². The minimum absolute atomic E-state index is 0.153. The molecule has 0 saturated heterocycles. The van der Waals surface area contributed by atoms with Crippen molar-refractivity contribution in [2.45, 2.75) is 53.6 Å². The SMILES string of the molecule is CCC(C)N(Cc1ccc(OC)cc1OC)C(=O)C(C)(C)C. The van der Waals surface area contributed by atoms with Crippen molar-refractivity contribution in [3.8, 4) is 11.5 Å². The van der Waals surface area contributed by atoms with E-state index >= 15 is 0 Å². The number of hydrogen-bond acceptors (Lipinski definition) is 3. The number of hydrogen-bond donors (Lipinski definition) is 0. The van der Waals surface area contributed by atoms with Crippen LogP contribution in [-0.2, 0) is 11.3 Å². The van der Waals surface area contributed by atoms with Crippen LogP contribution in [0.3, 0.4) is 0 Å². The van der Waals surface area contributed by atoms with Gasteiger partial charge in [0.2, 0.25) is 5.91 Å². The molecule has 0 aromatic heterocycles. The molecular weight excluding hydrogens is 278 g/mol. The summed E-state index contributed by atoms with van der Waals surface area (Å²) >= 11 is 0. The molecule has 1 unspecified atom stereocenters. The Labute approximate surface area is 134 Å². The lowest BCUT2D eigenvalue weighted by Crippen LogP contribution is -2.44. The fraction of sp³-hybridized carbons (Fsp3) is 0.611. The van der Waals surface area contributed by atoms with E-state index in [-0.39, 0.29) is 11.9 Å². The van der Waals surface area contributed by atoms with Gasteiger partial charge < -0.3 is 14.4 Å². The molecule has 0 aliphatic rings. The highest BCUT2D eigenvalue weighted by Crippen LogP contribution is 2.28. The highest BCUT2D eigenvalue weighted by Gasteiger charge is 2.30. The maximum atomic E-state index is 12.8. The number of nitrogens with zero attached hydrogens (tertiary/aromatic N) is 1. The molecular formula is C18H29NO3. The van der Waals surface area contributed by atoms with Gasteiger partial charge >= 0.3 is 0 Å². The van der Waals surface area contributed by atoms with Crippen molar-refractivity contribution < 1.29 is 14.3 Å². The summed E-state index contributed by atoms with van der Waals surface area (Å²) in [7, 11) is 3.26. The summed E-state index contributed by atoms with van der Waals surface area (Å²) in [5.74, 6) is 1.65. The molecule has 4 nitrogen and oxygen atoms in total. The van der Waals surface area contributed by atoms with Gasteiger partial charge in [-0.3, -0.25) is 4.79 Å². The van der Waals surface area contributed by atoms with E-state index in [4.69, 9.17) is 9.47 Å². The molecule has 0 aliphatic carbocycles. The molecule has 124 valence electrons. The zero-order valence-electron chi connectivity index (χ0n) is 14.9. The molecule has 0 bridgehead atoms. The summed E-state index contributed by atoms with van der Waals surface area (Å²) in [5.41, 5.74) is 0.588. The van der Waals surface area contributed by atoms with Crippen LogP contribution in [0.2, 0.25) is 0 Å². The third kappa shape index (κ3) is 4.39. The molecule has 0 N–H and O–H groups in total. The Morgan fingerprint density at radius 3 is 2.32 bits per heavy atom. The van der Waals surface area contributed by atoms with Crippen LogP contribution in [0.5, 0.6) is 11.5 Å². The van der Waals surface area contributed by atoms with Crippen LogP contribution in [0.4, 0.5) is 0 Å². The molecule has 0 fully saturated rings. The van der Waals surface area contributed by atoms with E-state index < -0.39 is 5.41 Å². The van der Waals surface area contributed by atoms with Crippen molar-refractivity contribution in [1.29, 1.82) is 0 Å². The monoisotopic (exact) mass is 307 g/mol. The van der Waals surface area contributed by atoms with Gasteiger partial charge in [0.25, 0.3) is 0 Å². The van der Waals surface area contributed by atoms with Gasteiger partial charge in [-0.15, -0.1) is 0 Å². The van der Waals surface area contributed by atoms with Crippen LogP contribution >= 0.6 is 0 Å². The average Bonchev–Trinajstić information content (AvgIpc) is 2.50. The maximum Gasteiger partial charge on any atom is 0.228 e. The Morgan fingerprint density at radius 1 is 1.23 bits per heavy atom. The summed E-state index contributed by atoms with van der Waals surface area (Å²) in [6.45, 7) is 10.6. The molecule has 0 radical (unpaired) electrons. The third-order valence-electron chi connectivity index (χ3n) is 3.86. The lowest BCUT2D eigenvalue weighted by Gasteiger charge is -2.34. The molecule has 1 aromatic rings. The Bertz CT molecular complexity index is 506. The fourth-order valence-corrected chi connectivity index (χ4v) is 2.25. The number of carbonyl (C=O) groups is 1. The second kappa shape index (κ2) is 7.52. The number of methoxy groups -OCH3 is 2. The van der Waals surface area contributed by atoms with Crippen LogP contribution in [0.25, 0.3) is 0 Å². The molecule has 0 heterocycles. The van der Waals surface area contributed by atoms with Crippen molar-refractivity contribution in [1.82, 2.24) is 4.90 Å². The second-order valence-corrected chi connectivity index (χ2v) is 6.62. The first kappa shape index (κ1) is 18.3. The standard InChI is InChI=1S/C18H29NO3/c1-8-13(2)19(17(20)18(3,4)5)12-14-9-10-15(21-6)11-16(14)22-7/h9-11,13H,8,12H2,1-7H3. The number of benzene rings is 1. The Kier molecular flexibility index (Phi) is 6.27. The highest BCUT2D eigenvalue weighted by molar-refractivity contribution is 5.81. The van der Waals surface area contributed by atoms with Gasteiger partial charge in [0, 0.05) is 29.6 Å². The van der Waals surface area contributed by atoms with Gasteiger partial charge in [0.1, 0.15) is 11.5 Å². The van der Waals surface area contributed by atoms with Crippen LogP contribution < -0.4 is 9.47 Å². The summed E-state index contributed by atoms with van der Waals surface area (Å²) in [4.78, 5) is 14.7. The van der Waals surface area contributed by atoms with Crippen LogP contribution in [0, 0.1) is 5.41 Å². The van der Waals surface area contributed by atoms with E-state index in [1.807, 2.05) is 43.9 Å². The van der Waals surface area contributed by atoms with Crippen molar-refractivity contribution >= 4 is 5.91 Å². The number of ether oxygens (including phenoxy) is 2. The lowest BCUT2D eigenvalue weighted by atomic mass is 9.93. The highest BCUT2D eigenvalue weighted by atomic mass is 16.5. The second-order valence-electron chi connectivity index (χ2n) is 6.62. The van der Waals surface area contributed by atoms with Gasteiger partial charge in [-0.25, -0.2) is 0 Å². The lowest BCUT2D eigenvalue weighted by molar-refractivity contribution is -0.142. The van der Waals surface area contributed by atoms with Gasteiger partial charge in [0.05, 0.1) is 14.2 Å². The number of carbonyl (C=O) groups excluding carboxylic acids is 1. The summed E-state index contributed by atoms with van der Waals surface area (Å²) in [5, 5.41) is 0. The van der Waals surface area contributed by atoms with Gasteiger partial charge in [-0.05, 0) is 25.5 Å². The average molecular weight is 307 g/mol. The van der Waals surface area contributed by atoms with Crippen LogP contribution in [0.15, 0.2) is 18.2 Å². The first-order valence-electron chi connectivity index (χ1n) is 7.76. The van der Waals surface area contributed by atoms with Gasteiger partial charge in [-0.1, -0.05) is 27.7 Å². The van der Waals surface area contributed by atoms with E-state index in [1.54, 1.807) is 14.2 Å². The number of rotatable bonds is 6. The largest absolute Gasteiger partial charge is 0.497 e. The molecule has 22 heavy (non-hydrogen) atoms. The van der Waals surface area contributed by atoms with Crippen LogP contribution in [-0.4, -0.2) is 31.1 Å². The fourth-order valence-electron chi connectivity index (χ4n) is 2.25. The van der Waals surface area contributed by atoms with Crippen molar-refractivity contribution in [2.24, 2.45) is 5.41 Å². The summed E-state index contributed by atoms with van der Waals surface area (Å²) in [6.07, 6.45) is 0.917. The predicted molar refractivity (Wildman–Crippen MR) is 89.3 cm³/mol. The van der Waals surface area contributed by atoms with E-state index in [9.17, 15) is 4.79 Å². The summed E-state index contributed by atoms with van der Waals surface area (Å²) < 4.78 is 10.7. The molecule has 0 aliphatic heterocycles.